The fraction of sp³-hybridized carbons (Fsp3) is 0.0588. The summed E-state index contributed by atoms with van der Waals surface area (Å²) >= 11 is 0.812. The minimum absolute atomic E-state index is 0.00463. The molecule has 0 spiro atoms. The maximum absolute atomic E-state index is 13.6. The molecule has 2 aliphatic rings. The molecule has 0 N–H and O–H groups in total. The number of nitrogens with zero attached hydrogens (tertiary/aromatic N) is 2. The first-order valence-electron chi connectivity index (χ1n) is 13.7. The number of hydrogen-bond donors (Lipinski definition) is 0. The number of aryl methyl sites for hydroxylation is 2. The second kappa shape index (κ2) is 11.7. The van der Waals surface area contributed by atoms with Gasteiger partial charge in [0.25, 0.3) is 20.0 Å². The summed E-state index contributed by atoms with van der Waals surface area (Å²) in [6.45, 7) is 3.68. The number of Topliss-reactive ketones (excluding diaryl/α,β-unsaturated/α-hetero) is 2. The molecule has 0 fully saturated rings. The second-order valence-electron chi connectivity index (χ2n) is 10.4. The van der Waals surface area contributed by atoms with Crippen LogP contribution in [0, 0.1) is 13.8 Å². The summed E-state index contributed by atoms with van der Waals surface area (Å²) in [5, 5.41) is 0. The molecular formula is C34H24N2O6S3. The SMILES string of the molecule is Cc1ccc(S(=O)(=O)/N=C2/C=C(SC3=C/C(=N\S(=O)(=O)c4ccc(C)cc4)c4ccccc4C3=O)C(=O)c3ccccc32)cc1. The summed E-state index contributed by atoms with van der Waals surface area (Å²) in [6, 6.07) is 25.5. The van der Waals surface area contributed by atoms with Crippen LogP contribution in [0.2, 0.25) is 0 Å². The van der Waals surface area contributed by atoms with Crippen molar-refractivity contribution in [1.82, 2.24) is 0 Å². The number of carbonyl (C=O) groups excluding carboxylic acids is 2. The molecule has 0 heterocycles. The van der Waals surface area contributed by atoms with Crippen LogP contribution in [-0.4, -0.2) is 39.8 Å². The monoisotopic (exact) mass is 652 g/mol. The average Bonchev–Trinajstić information content (AvgIpc) is 3.02. The summed E-state index contributed by atoms with van der Waals surface area (Å²) < 4.78 is 61.2. The minimum Gasteiger partial charge on any atom is -0.288 e. The van der Waals surface area contributed by atoms with Gasteiger partial charge in [0, 0.05) is 22.3 Å². The molecule has 4 aromatic rings. The molecule has 6 rings (SSSR count). The number of thioether (sulfide) groups is 1. The lowest BCUT2D eigenvalue weighted by atomic mass is 9.94. The highest BCUT2D eigenvalue weighted by molar-refractivity contribution is 8.08. The van der Waals surface area contributed by atoms with E-state index in [0.29, 0.717) is 11.1 Å². The molecule has 0 atom stereocenters. The van der Waals surface area contributed by atoms with Gasteiger partial charge in [-0.25, -0.2) is 0 Å². The lowest BCUT2D eigenvalue weighted by Crippen LogP contribution is -2.20. The maximum atomic E-state index is 13.6. The van der Waals surface area contributed by atoms with Crippen LogP contribution in [0.15, 0.2) is 138 Å². The lowest BCUT2D eigenvalue weighted by molar-refractivity contribution is 0.103. The summed E-state index contributed by atoms with van der Waals surface area (Å²) in [5.41, 5.74) is 2.96. The van der Waals surface area contributed by atoms with Crippen molar-refractivity contribution in [2.24, 2.45) is 8.80 Å². The van der Waals surface area contributed by atoms with E-state index >= 15 is 0 Å². The van der Waals surface area contributed by atoms with Gasteiger partial charge >= 0.3 is 0 Å². The Bertz CT molecular complexity index is 2090. The topological polar surface area (TPSA) is 127 Å². The van der Waals surface area contributed by atoms with Gasteiger partial charge in [-0.3, -0.25) is 9.59 Å². The van der Waals surface area contributed by atoms with Gasteiger partial charge < -0.3 is 0 Å². The predicted molar refractivity (Wildman–Crippen MR) is 175 cm³/mol. The van der Waals surface area contributed by atoms with E-state index in [9.17, 15) is 26.4 Å². The molecule has 0 bridgehead atoms. The van der Waals surface area contributed by atoms with E-state index in [1.807, 2.05) is 13.8 Å². The first-order valence-corrected chi connectivity index (χ1v) is 17.4. The van der Waals surface area contributed by atoms with Gasteiger partial charge in [-0.2, -0.15) is 25.6 Å². The number of sulfonamides is 2. The highest BCUT2D eigenvalue weighted by Crippen LogP contribution is 2.38. The van der Waals surface area contributed by atoms with Crippen LogP contribution in [0.3, 0.4) is 0 Å². The summed E-state index contributed by atoms with van der Waals surface area (Å²) in [5.74, 6) is -0.860. The van der Waals surface area contributed by atoms with Crippen LogP contribution in [0.25, 0.3) is 0 Å². The van der Waals surface area contributed by atoms with Crippen molar-refractivity contribution >= 4 is 54.8 Å². The molecule has 8 nitrogen and oxygen atoms in total. The maximum Gasteiger partial charge on any atom is 0.282 e. The van der Waals surface area contributed by atoms with Crippen molar-refractivity contribution < 1.29 is 26.4 Å². The molecule has 0 amide bonds. The number of fused-ring (bicyclic) bond motifs is 2. The fourth-order valence-electron chi connectivity index (χ4n) is 4.82. The van der Waals surface area contributed by atoms with Crippen LogP contribution in [-0.2, 0) is 20.0 Å². The summed E-state index contributed by atoms with van der Waals surface area (Å²) in [6.07, 6.45) is 2.69. The highest BCUT2D eigenvalue weighted by Gasteiger charge is 2.32. The number of carbonyl (C=O) groups is 2. The lowest BCUT2D eigenvalue weighted by Gasteiger charge is -2.20. The van der Waals surface area contributed by atoms with Crippen molar-refractivity contribution in [2.45, 2.75) is 23.6 Å². The Kier molecular flexibility index (Phi) is 7.86. The Labute approximate surface area is 265 Å². The largest absolute Gasteiger partial charge is 0.288 e. The fourth-order valence-corrected chi connectivity index (χ4v) is 7.79. The van der Waals surface area contributed by atoms with Gasteiger partial charge in [-0.15, -0.1) is 0 Å². The molecular weight excluding hydrogens is 629 g/mol. The molecule has 4 aromatic carbocycles. The van der Waals surface area contributed by atoms with Crippen molar-refractivity contribution in [3.05, 3.63) is 152 Å². The number of ketones is 2. The summed E-state index contributed by atoms with van der Waals surface area (Å²) in [4.78, 5) is 27.3. The van der Waals surface area contributed by atoms with E-state index in [2.05, 4.69) is 8.80 Å². The molecule has 11 heteroatoms. The van der Waals surface area contributed by atoms with Crippen molar-refractivity contribution in [3.8, 4) is 0 Å². The summed E-state index contributed by atoms with van der Waals surface area (Å²) in [7, 11) is -8.29. The van der Waals surface area contributed by atoms with E-state index in [1.165, 1.54) is 36.4 Å². The zero-order valence-corrected chi connectivity index (χ0v) is 26.4. The third kappa shape index (κ3) is 6.02. The molecule has 2 aliphatic carbocycles. The first-order chi connectivity index (χ1) is 21.4. The van der Waals surface area contributed by atoms with E-state index in [-0.39, 0.29) is 42.2 Å². The quantitative estimate of drug-likeness (QED) is 0.241. The minimum atomic E-state index is -4.15. The molecule has 0 aliphatic heterocycles. The van der Waals surface area contributed by atoms with Gasteiger partial charge in [0.15, 0.2) is 11.6 Å². The standard InChI is InChI=1S/C34H24N2O6S3/c1-21-11-15-23(16-12-21)44(39,40)35-29-19-31(33(37)27-9-5-3-7-25(27)29)43-32-20-30(26-8-4-6-10-28(26)34(32)38)36-45(41,42)24-17-13-22(2)14-18-24/h3-20H,1-2H3/b35-29-,36-30+. The number of rotatable bonds is 6. The van der Waals surface area contributed by atoms with Gasteiger partial charge in [0.1, 0.15) is 0 Å². The molecule has 0 unspecified atom stereocenters. The van der Waals surface area contributed by atoms with Gasteiger partial charge in [-0.05, 0) is 50.3 Å². The number of benzene rings is 4. The third-order valence-electron chi connectivity index (χ3n) is 7.17. The van der Waals surface area contributed by atoms with Gasteiger partial charge in [0.05, 0.1) is 31.0 Å². The Balaban J connectivity index is 1.45. The molecule has 224 valence electrons. The van der Waals surface area contributed by atoms with Crippen LogP contribution < -0.4 is 0 Å². The van der Waals surface area contributed by atoms with E-state index in [0.717, 1.165) is 22.9 Å². The zero-order chi connectivity index (χ0) is 31.9. The Morgan fingerprint density at radius 2 is 0.822 bits per heavy atom. The first kappa shape index (κ1) is 30.3. The molecule has 0 saturated heterocycles. The molecule has 0 saturated carbocycles. The Hall–Kier alpha value is -4.71. The Morgan fingerprint density at radius 1 is 0.489 bits per heavy atom. The molecule has 45 heavy (non-hydrogen) atoms. The predicted octanol–water partition coefficient (Wildman–Crippen LogP) is 6.25. The van der Waals surface area contributed by atoms with Crippen molar-refractivity contribution in [3.63, 3.8) is 0 Å². The average molecular weight is 653 g/mol. The van der Waals surface area contributed by atoms with Crippen molar-refractivity contribution in [1.29, 1.82) is 0 Å². The van der Waals surface area contributed by atoms with E-state index < -0.39 is 31.6 Å². The smallest absolute Gasteiger partial charge is 0.282 e. The number of hydrogen-bond acceptors (Lipinski definition) is 7. The van der Waals surface area contributed by atoms with E-state index in [1.54, 1.807) is 72.8 Å². The van der Waals surface area contributed by atoms with Crippen LogP contribution in [0.5, 0.6) is 0 Å². The zero-order valence-electron chi connectivity index (χ0n) is 24.0. The normalized spacial score (nSPS) is 16.7. The van der Waals surface area contributed by atoms with Crippen LogP contribution in [0.1, 0.15) is 43.0 Å². The van der Waals surface area contributed by atoms with E-state index in [4.69, 9.17) is 0 Å². The molecule has 0 radical (unpaired) electrons. The van der Waals surface area contributed by atoms with Crippen LogP contribution in [0.4, 0.5) is 0 Å². The van der Waals surface area contributed by atoms with Gasteiger partial charge in [-0.1, -0.05) is 95.7 Å². The third-order valence-corrected chi connectivity index (χ3v) is 10.8. The highest BCUT2D eigenvalue weighted by atomic mass is 32.2. The number of allylic oxidation sites excluding steroid dienone is 4. The van der Waals surface area contributed by atoms with Crippen molar-refractivity contribution in [2.75, 3.05) is 0 Å². The van der Waals surface area contributed by atoms with Gasteiger partial charge in [0.2, 0.25) is 0 Å². The Morgan fingerprint density at radius 3 is 1.18 bits per heavy atom. The second-order valence-corrected chi connectivity index (χ2v) is 14.7. The molecule has 0 aromatic heterocycles. The van der Waals surface area contributed by atoms with Crippen LogP contribution >= 0.6 is 11.8 Å².